The molecule has 2 nitrogen and oxygen atoms in total. The van der Waals surface area contributed by atoms with Gasteiger partial charge in [0.1, 0.15) is 5.82 Å². The van der Waals surface area contributed by atoms with Crippen molar-refractivity contribution in [3.8, 4) is 0 Å². The maximum absolute atomic E-state index is 13.3. The van der Waals surface area contributed by atoms with Crippen molar-refractivity contribution in [1.82, 2.24) is 5.43 Å². The fraction of sp³-hybridized carbons (Fsp3) is 0.143. The van der Waals surface area contributed by atoms with Gasteiger partial charge in [-0.1, -0.05) is 29.3 Å². The molecule has 0 spiro atoms. The maximum Gasteiger partial charge on any atom is 0.123 e. The van der Waals surface area contributed by atoms with E-state index in [-0.39, 0.29) is 11.9 Å². The second-order valence-electron chi connectivity index (χ2n) is 4.33. The fourth-order valence-electron chi connectivity index (χ4n) is 1.92. The predicted octanol–water partition coefficient (Wildman–Crippen LogP) is 4.64. The number of nitrogens with two attached hydrogens (primary N) is 1. The van der Waals surface area contributed by atoms with Crippen LogP contribution in [0.2, 0.25) is 10.0 Å². The van der Waals surface area contributed by atoms with Crippen molar-refractivity contribution in [2.45, 2.75) is 12.5 Å². The van der Waals surface area contributed by atoms with Crippen molar-refractivity contribution >= 4 is 39.1 Å². The molecule has 1 unspecified atom stereocenters. The quantitative estimate of drug-likeness (QED) is 0.601. The highest BCUT2D eigenvalue weighted by Gasteiger charge is 2.14. The average molecular weight is 378 g/mol. The van der Waals surface area contributed by atoms with E-state index >= 15 is 0 Å². The lowest BCUT2D eigenvalue weighted by atomic mass is 9.99. The normalized spacial score (nSPS) is 12.4. The fourth-order valence-corrected chi connectivity index (χ4v) is 2.63. The van der Waals surface area contributed by atoms with Gasteiger partial charge in [-0.15, -0.1) is 0 Å². The molecule has 0 aliphatic rings. The zero-order valence-electron chi connectivity index (χ0n) is 10.3. The highest BCUT2D eigenvalue weighted by atomic mass is 79.9. The van der Waals surface area contributed by atoms with Crippen molar-refractivity contribution in [2.75, 3.05) is 0 Å². The first-order valence-electron chi connectivity index (χ1n) is 5.86. The summed E-state index contributed by atoms with van der Waals surface area (Å²) in [6, 6.07) is 9.61. The molecular formula is C14H12BrCl2FN2. The second-order valence-corrected chi connectivity index (χ2v) is 6.00. The van der Waals surface area contributed by atoms with Crippen LogP contribution in [0.4, 0.5) is 4.39 Å². The van der Waals surface area contributed by atoms with Crippen LogP contribution in [0.25, 0.3) is 0 Å². The molecule has 6 heteroatoms. The van der Waals surface area contributed by atoms with Crippen molar-refractivity contribution < 1.29 is 4.39 Å². The molecule has 0 bridgehead atoms. The van der Waals surface area contributed by atoms with Crippen LogP contribution in [0.15, 0.2) is 40.9 Å². The molecule has 0 fully saturated rings. The van der Waals surface area contributed by atoms with Crippen LogP contribution in [0.1, 0.15) is 17.2 Å². The summed E-state index contributed by atoms with van der Waals surface area (Å²) in [5.41, 5.74) is 4.34. The molecule has 2 aromatic carbocycles. The van der Waals surface area contributed by atoms with Crippen LogP contribution in [-0.4, -0.2) is 0 Å². The lowest BCUT2D eigenvalue weighted by molar-refractivity contribution is 0.548. The number of nitrogens with one attached hydrogen (secondary N) is 1. The monoisotopic (exact) mass is 376 g/mol. The van der Waals surface area contributed by atoms with Crippen LogP contribution in [-0.2, 0) is 6.42 Å². The molecule has 0 aromatic heterocycles. The standard InChI is InChI=1S/C14H12BrCl2FN2/c15-11-6-8(1-3-13(11)17)14(20-19)7-9-5-10(18)2-4-12(9)16/h1-6,14,20H,7,19H2. The van der Waals surface area contributed by atoms with E-state index in [9.17, 15) is 4.39 Å². The van der Waals surface area contributed by atoms with Gasteiger partial charge in [-0.2, -0.15) is 0 Å². The summed E-state index contributed by atoms with van der Waals surface area (Å²) >= 11 is 15.4. The van der Waals surface area contributed by atoms with Crippen LogP contribution >= 0.6 is 39.1 Å². The van der Waals surface area contributed by atoms with Crippen molar-refractivity contribution in [2.24, 2.45) is 5.84 Å². The van der Waals surface area contributed by atoms with Gasteiger partial charge in [0.05, 0.1) is 11.1 Å². The van der Waals surface area contributed by atoms with Gasteiger partial charge >= 0.3 is 0 Å². The third-order valence-corrected chi connectivity index (χ3v) is 4.56. The summed E-state index contributed by atoms with van der Waals surface area (Å²) < 4.78 is 14.1. The van der Waals surface area contributed by atoms with E-state index in [0.717, 1.165) is 10.0 Å². The minimum absolute atomic E-state index is 0.192. The van der Waals surface area contributed by atoms with Gasteiger partial charge in [0, 0.05) is 9.50 Å². The Kier molecular flexibility index (Phi) is 5.41. The van der Waals surface area contributed by atoms with Gasteiger partial charge in [0.2, 0.25) is 0 Å². The van der Waals surface area contributed by atoms with Crippen LogP contribution in [0, 0.1) is 5.82 Å². The number of hydrogen-bond acceptors (Lipinski definition) is 2. The highest BCUT2D eigenvalue weighted by Crippen LogP contribution is 2.29. The molecule has 106 valence electrons. The molecule has 0 radical (unpaired) electrons. The van der Waals surface area contributed by atoms with E-state index in [4.69, 9.17) is 29.0 Å². The molecule has 0 aliphatic carbocycles. The Bertz CT molecular complexity index is 622. The first kappa shape index (κ1) is 15.7. The Morgan fingerprint density at radius 2 is 1.85 bits per heavy atom. The van der Waals surface area contributed by atoms with Crippen molar-refractivity contribution in [1.29, 1.82) is 0 Å². The lowest BCUT2D eigenvalue weighted by Gasteiger charge is -2.18. The Morgan fingerprint density at radius 1 is 1.15 bits per heavy atom. The van der Waals surface area contributed by atoms with E-state index in [1.165, 1.54) is 18.2 Å². The molecule has 2 rings (SSSR count). The lowest BCUT2D eigenvalue weighted by Crippen LogP contribution is -2.29. The zero-order chi connectivity index (χ0) is 14.7. The molecule has 3 N–H and O–H groups in total. The van der Waals surface area contributed by atoms with E-state index < -0.39 is 0 Å². The summed E-state index contributed by atoms with van der Waals surface area (Å²) in [5.74, 6) is 5.27. The van der Waals surface area contributed by atoms with Crippen LogP contribution in [0.3, 0.4) is 0 Å². The molecule has 0 amide bonds. The van der Waals surface area contributed by atoms with E-state index in [0.29, 0.717) is 22.0 Å². The third-order valence-electron chi connectivity index (χ3n) is 2.98. The first-order chi connectivity index (χ1) is 9.51. The van der Waals surface area contributed by atoms with Gasteiger partial charge in [0.25, 0.3) is 0 Å². The van der Waals surface area contributed by atoms with E-state index in [2.05, 4.69) is 21.4 Å². The van der Waals surface area contributed by atoms with E-state index in [1.807, 2.05) is 12.1 Å². The third kappa shape index (κ3) is 3.71. The summed E-state index contributed by atoms with van der Waals surface area (Å²) in [4.78, 5) is 0. The Balaban J connectivity index is 2.28. The minimum atomic E-state index is -0.322. The minimum Gasteiger partial charge on any atom is -0.271 e. The smallest absolute Gasteiger partial charge is 0.123 e. The van der Waals surface area contributed by atoms with Gasteiger partial charge in [0.15, 0.2) is 0 Å². The molecule has 2 aromatic rings. The molecule has 20 heavy (non-hydrogen) atoms. The van der Waals surface area contributed by atoms with E-state index in [1.54, 1.807) is 6.07 Å². The molecule has 0 saturated carbocycles. The van der Waals surface area contributed by atoms with Gasteiger partial charge in [-0.3, -0.25) is 11.3 Å². The predicted molar refractivity (Wildman–Crippen MR) is 84.3 cm³/mol. The SMILES string of the molecule is NNC(Cc1cc(F)ccc1Cl)c1ccc(Cl)c(Br)c1. The Hall–Kier alpha value is -0.650. The number of hydrogen-bond donors (Lipinski definition) is 2. The molecule has 1 atom stereocenters. The Morgan fingerprint density at radius 3 is 2.50 bits per heavy atom. The van der Waals surface area contributed by atoms with Crippen molar-refractivity contribution in [3.05, 3.63) is 67.9 Å². The topological polar surface area (TPSA) is 38.0 Å². The molecular weight excluding hydrogens is 366 g/mol. The van der Waals surface area contributed by atoms with Crippen LogP contribution < -0.4 is 11.3 Å². The number of hydrazine groups is 1. The van der Waals surface area contributed by atoms with Gasteiger partial charge < -0.3 is 0 Å². The number of halogens is 4. The number of rotatable bonds is 4. The largest absolute Gasteiger partial charge is 0.271 e. The Labute approximate surface area is 135 Å². The van der Waals surface area contributed by atoms with Gasteiger partial charge in [-0.25, -0.2) is 4.39 Å². The second kappa shape index (κ2) is 6.87. The number of benzene rings is 2. The average Bonchev–Trinajstić information content (AvgIpc) is 2.43. The molecule has 0 saturated heterocycles. The van der Waals surface area contributed by atoms with Crippen molar-refractivity contribution in [3.63, 3.8) is 0 Å². The summed E-state index contributed by atoms with van der Waals surface area (Å²) in [7, 11) is 0. The summed E-state index contributed by atoms with van der Waals surface area (Å²) in [6.45, 7) is 0. The maximum atomic E-state index is 13.3. The first-order valence-corrected chi connectivity index (χ1v) is 7.41. The summed E-state index contributed by atoms with van der Waals surface area (Å²) in [5, 5.41) is 1.13. The zero-order valence-corrected chi connectivity index (χ0v) is 13.4. The van der Waals surface area contributed by atoms with Crippen LogP contribution in [0.5, 0.6) is 0 Å². The summed E-state index contributed by atoms with van der Waals surface area (Å²) in [6.07, 6.45) is 0.473. The van der Waals surface area contributed by atoms with Gasteiger partial charge in [-0.05, 0) is 63.8 Å². The highest BCUT2D eigenvalue weighted by molar-refractivity contribution is 9.10. The molecule has 0 heterocycles. The molecule has 0 aliphatic heterocycles.